The fourth-order valence-corrected chi connectivity index (χ4v) is 3.83. The van der Waals surface area contributed by atoms with E-state index in [1.807, 2.05) is 22.4 Å². The summed E-state index contributed by atoms with van der Waals surface area (Å²) in [4.78, 5) is 19.3. The van der Waals surface area contributed by atoms with Gasteiger partial charge in [-0.3, -0.25) is 4.79 Å². The largest absolute Gasteiger partial charge is 0.462 e. The van der Waals surface area contributed by atoms with Crippen molar-refractivity contribution in [1.82, 2.24) is 4.98 Å². The summed E-state index contributed by atoms with van der Waals surface area (Å²) in [5.41, 5.74) is 3.91. The van der Waals surface area contributed by atoms with Gasteiger partial charge in [0.25, 0.3) is 5.91 Å². The van der Waals surface area contributed by atoms with Gasteiger partial charge in [0.1, 0.15) is 5.69 Å². The first-order valence-corrected chi connectivity index (χ1v) is 8.52. The molecule has 0 fully saturated rings. The Hall–Kier alpha value is -2.40. The fourth-order valence-electron chi connectivity index (χ4n) is 3.07. The molecule has 0 atom stereocenters. The van der Waals surface area contributed by atoms with Gasteiger partial charge in [-0.2, -0.15) is 0 Å². The maximum Gasteiger partial charge on any atom is 0.277 e. The Morgan fingerprint density at radius 2 is 2.22 bits per heavy atom. The van der Waals surface area contributed by atoms with Crippen molar-refractivity contribution >= 4 is 22.9 Å². The summed E-state index contributed by atoms with van der Waals surface area (Å²) in [5.74, 6) is 0.665. The number of aromatic nitrogens is 1. The lowest BCUT2D eigenvalue weighted by atomic mass is 9.98. The summed E-state index contributed by atoms with van der Waals surface area (Å²) in [6, 6.07) is 9.90. The molecule has 2 aromatic heterocycles. The molecule has 0 saturated carbocycles. The van der Waals surface area contributed by atoms with E-state index < -0.39 is 0 Å². The molecule has 5 heteroatoms. The van der Waals surface area contributed by atoms with Crippen LogP contribution in [0.3, 0.4) is 0 Å². The Kier molecular flexibility index (Phi) is 3.50. The molecular weight excluding hydrogens is 308 g/mol. The van der Waals surface area contributed by atoms with Crippen LogP contribution in [0.1, 0.15) is 28.0 Å². The quantitative estimate of drug-likeness (QED) is 0.706. The molecule has 1 aliphatic heterocycles. The third-order valence-electron chi connectivity index (χ3n) is 4.12. The molecule has 1 amide bonds. The topological polar surface area (TPSA) is 46.3 Å². The van der Waals surface area contributed by atoms with E-state index in [4.69, 9.17) is 4.42 Å². The van der Waals surface area contributed by atoms with Crippen LogP contribution in [0.25, 0.3) is 10.8 Å². The van der Waals surface area contributed by atoms with Crippen LogP contribution >= 0.6 is 11.3 Å². The molecule has 0 radical (unpaired) electrons. The number of hydrogen-bond acceptors (Lipinski definition) is 4. The number of aryl methyl sites for hydroxylation is 2. The lowest BCUT2D eigenvalue weighted by molar-refractivity contribution is 0.0981. The van der Waals surface area contributed by atoms with Gasteiger partial charge in [0, 0.05) is 11.9 Å². The number of para-hydroxylation sites is 1. The van der Waals surface area contributed by atoms with Gasteiger partial charge in [-0.05, 0) is 43.0 Å². The van der Waals surface area contributed by atoms with Gasteiger partial charge < -0.3 is 9.32 Å². The van der Waals surface area contributed by atoms with E-state index in [9.17, 15) is 4.79 Å². The number of amides is 1. The highest BCUT2D eigenvalue weighted by Gasteiger charge is 2.26. The van der Waals surface area contributed by atoms with Gasteiger partial charge in [-0.15, -0.1) is 11.3 Å². The van der Waals surface area contributed by atoms with Crippen molar-refractivity contribution in [2.24, 2.45) is 0 Å². The fraction of sp³-hybridized carbons (Fsp3) is 0.222. The van der Waals surface area contributed by atoms with Gasteiger partial charge >= 0.3 is 0 Å². The second kappa shape index (κ2) is 5.66. The molecule has 23 heavy (non-hydrogen) atoms. The van der Waals surface area contributed by atoms with E-state index >= 15 is 0 Å². The normalized spacial score (nSPS) is 13.9. The Bertz CT molecular complexity index is 852. The molecule has 0 saturated heterocycles. The van der Waals surface area contributed by atoms with Crippen molar-refractivity contribution in [2.75, 3.05) is 11.4 Å². The van der Waals surface area contributed by atoms with Gasteiger partial charge in [-0.25, -0.2) is 4.98 Å². The monoisotopic (exact) mass is 324 g/mol. The predicted octanol–water partition coefficient (Wildman–Crippen LogP) is 4.30. The number of benzene rings is 1. The van der Waals surface area contributed by atoms with E-state index in [0.717, 1.165) is 35.6 Å². The lowest BCUT2D eigenvalue weighted by Gasteiger charge is -2.30. The molecule has 0 aliphatic carbocycles. The van der Waals surface area contributed by atoms with E-state index in [1.165, 1.54) is 16.9 Å². The molecule has 3 heterocycles. The second-order valence-electron chi connectivity index (χ2n) is 5.66. The van der Waals surface area contributed by atoms with Crippen LogP contribution in [0.5, 0.6) is 0 Å². The molecule has 3 aromatic rings. The molecule has 0 spiro atoms. The molecule has 0 bridgehead atoms. The van der Waals surface area contributed by atoms with Crippen molar-refractivity contribution in [3.05, 3.63) is 58.8 Å². The minimum Gasteiger partial charge on any atom is -0.462 e. The van der Waals surface area contributed by atoms with Crippen molar-refractivity contribution in [2.45, 2.75) is 19.8 Å². The van der Waals surface area contributed by atoms with Crippen LogP contribution in [0.4, 0.5) is 5.69 Å². The maximum absolute atomic E-state index is 12.9. The molecule has 0 unspecified atom stereocenters. The molecule has 1 aliphatic rings. The number of anilines is 1. The third kappa shape index (κ3) is 2.47. The number of carbonyl (C=O) groups is 1. The minimum atomic E-state index is -0.0330. The highest BCUT2D eigenvalue weighted by molar-refractivity contribution is 7.13. The second-order valence-corrected chi connectivity index (χ2v) is 6.52. The van der Waals surface area contributed by atoms with Crippen molar-refractivity contribution < 1.29 is 9.21 Å². The molecule has 4 nitrogen and oxygen atoms in total. The summed E-state index contributed by atoms with van der Waals surface area (Å²) in [6.45, 7) is 2.80. The zero-order chi connectivity index (χ0) is 15.8. The van der Waals surface area contributed by atoms with Crippen LogP contribution < -0.4 is 4.90 Å². The van der Waals surface area contributed by atoms with Crippen LogP contribution in [-0.4, -0.2) is 17.4 Å². The first-order valence-electron chi connectivity index (χ1n) is 7.64. The Morgan fingerprint density at radius 1 is 1.30 bits per heavy atom. The number of furan rings is 1. The van der Waals surface area contributed by atoms with Crippen LogP contribution in [-0.2, 0) is 6.42 Å². The van der Waals surface area contributed by atoms with E-state index in [1.54, 1.807) is 6.26 Å². The van der Waals surface area contributed by atoms with Crippen molar-refractivity contribution in [1.29, 1.82) is 0 Å². The van der Waals surface area contributed by atoms with Crippen LogP contribution in [0.15, 0.2) is 46.4 Å². The summed E-state index contributed by atoms with van der Waals surface area (Å²) in [5, 5.41) is 2.55. The van der Waals surface area contributed by atoms with Gasteiger partial charge in [0.2, 0.25) is 0 Å². The first kappa shape index (κ1) is 14.2. The molecule has 1 aromatic carbocycles. The van der Waals surface area contributed by atoms with Gasteiger partial charge in [-0.1, -0.05) is 18.2 Å². The standard InChI is InChI=1S/C18H16N2O2S/c1-12-5-2-6-13-7-3-9-20(16(12)13)18(21)14-11-23-17(19-14)15-8-4-10-22-15/h2,4-6,8,10-11H,3,7,9H2,1H3. The molecular formula is C18H16N2O2S. The predicted molar refractivity (Wildman–Crippen MR) is 91.0 cm³/mol. The smallest absolute Gasteiger partial charge is 0.277 e. The zero-order valence-corrected chi connectivity index (χ0v) is 13.6. The van der Waals surface area contributed by atoms with Crippen LogP contribution in [0.2, 0.25) is 0 Å². The average Bonchev–Trinajstić information content (AvgIpc) is 3.25. The first-order chi connectivity index (χ1) is 11.2. The number of carbonyl (C=O) groups excluding carboxylic acids is 1. The Labute approximate surface area is 138 Å². The van der Waals surface area contributed by atoms with E-state index in [-0.39, 0.29) is 5.91 Å². The average molecular weight is 324 g/mol. The molecule has 0 N–H and O–H groups in total. The van der Waals surface area contributed by atoms with E-state index in [2.05, 4.69) is 30.1 Å². The summed E-state index contributed by atoms with van der Waals surface area (Å²) >= 11 is 1.43. The van der Waals surface area contributed by atoms with Crippen LogP contribution in [0, 0.1) is 6.92 Å². The van der Waals surface area contributed by atoms with Gasteiger partial charge in [0.15, 0.2) is 10.8 Å². The third-order valence-corrected chi connectivity index (χ3v) is 4.98. The number of nitrogens with zero attached hydrogens (tertiary/aromatic N) is 2. The SMILES string of the molecule is Cc1cccc2c1N(C(=O)c1csc(-c3ccco3)n1)CCC2. The summed E-state index contributed by atoms with van der Waals surface area (Å²) < 4.78 is 5.36. The number of hydrogen-bond donors (Lipinski definition) is 0. The molecule has 116 valence electrons. The lowest BCUT2D eigenvalue weighted by Crippen LogP contribution is -2.36. The summed E-state index contributed by atoms with van der Waals surface area (Å²) in [6.07, 6.45) is 3.62. The van der Waals surface area contributed by atoms with Crippen molar-refractivity contribution in [3.63, 3.8) is 0 Å². The molecule has 4 rings (SSSR count). The minimum absolute atomic E-state index is 0.0330. The van der Waals surface area contributed by atoms with Crippen molar-refractivity contribution in [3.8, 4) is 10.8 Å². The maximum atomic E-state index is 12.9. The van der Waals surface area contributed by atoms with Gasteiger partial charge in [0.05, 0.1) is 12.0 Å². The number of rotatable bonds is 2. The Balaban J connectivity index is 1.69. The highest BCUT2D eigenvalue weighted by Crippen LogP contribution is 2.32. The Morgan fingerprint density at radius 3 is 3.04 bits per heavy atom. The zero-order valence-electron chi connectivity index (χ0n) is 12.8. The van der Waals surface area contributed by atoms with E-state index in [0.29, 0.717) is 11.5 Å². The number of fused-ring (bicyclic) bond motifs is 1. The summed E-state index contributed by atoms with van der Waals surface area (Å²) in [7, 11) is 0. The highest BCUT2D eigenvalue weighted by atomic mass is 32.1. The number of thiazole rings is 1.